The highest BCUT2D eigenvalue weighted by Gasteiger charge is 2.08. The first-order chi connectivity index (χ1) is 14.0. The zero-order chi connectivity index (χ0) is 21.2. The third kappa shape index (κ3) is 6.11. The molecule has 0 heterocycles. The normalized spacial score (nSPS) is 11.0. The van der Waals surface area contributed by atoms with E-state index in [-0.39, 0.29) is 0 Å². The van der Waals surface area contributed by atoms with Gasteiger partial charge in [0.1, 0.15) is 5.75 Å². The van der Waals surface area contributed by atoms with Crippen LogP contribution in [0, 0.1) is 0 Å². The minimum absolute atomic E-state index is 0.728. The van der Waals surface area contributed by atoms with Gasteiger partial charge in [-0.25, -0.2) is 0 Å². The average molecular weight is 390 g/mol. The van der Waals surface area contributed by atoms with Crippen LogP contribution >= 0.6 is 0 Å². The lowest BCUT2D eigenvalue weighted by molar-refractivity contribution is 0.413. The van der Waals surface area contributed by atoms with E-state index in [1.165, 1.54) is 11.1 Å². The molecule has 0 aromatic heterocycles. The van der Waals surface area contributed by atoms with Crippen LogP contribution in [0.4, 0.5) is 0 Å². The molecule has 0 aliphatic heterocycles. The maximum Gasteiger partial charge on any atom is 0.128 e. The first-order valence-corrected chi connectivity index (χ1v) is 9.85. The number of allylic oxidation sites excluding steroid dienone is 1. The average Bonchev–Trinajstić information content (AvgIpc) is 2.77. The van der Waals surface area contributed by atoms with E-state index in [1.807, 2.05) is 43.6 Å². The quantitative estimate of drug-likeness (QED) is 0.335. The van der Waals surface area contributed by atoms with E-state index < -0.39 is 0 Å². The number of ether oxygens (including phenoxy) is 1. The van der Waals surface area contributed by atoms with Gasteiger partial charge >= 0.3 is 0 Å². The summed E-state index contributed by atoms with van der Waals surface area (Å²) < 4.78 is 5.58. The van der Waals surface area contributed by atoms with Gasteiger partial charge in [0.2, 0.25) is 0 Å². The highest BCUT2D eigenvalue weighted by atomic mass is 16.5. The Morgan fingerprint density at radius 3 is 2.59 bits per heavy atom. The van der Waals surface area contributed by atoms with Crippen LogP contribution in [0.3, 0.4) is 0 Å². The maximum absolute atomic E-state index is 5.58. The summed E-state index contributed by atoms with van der Waals surface area (Å²) >= 11 is 0. The fourth-order valence-corrected chi connectivity index (χ4v) is 2.91. The molecule has 2 aromatic rings. The lowest BCUT2D eigenvalue weighted by Gasteiger charge is -2.12. The standard InChI is InChI=1S/C25H31N3O/c1-7-20-14-22(8-2)24(25(16-20)29-6)17-27-28-19(4)23-11-9-10-21(15-23)13-12-18(3)26-5/h9-17,26,28H,3-4,7-8H2,1-2,5-6H3/b13-12+,27-17+. The molecule has 0 aliphatic rings. The van der Waals surface area contributed by atoms with Gasteiger partial charge in [0.15, 0.2) is 0 Å². The van der Waals surface area contributed by atoms with Gasteiger partial charge in [0.25, 0.3) is 0 Å². The van der Waals surface area contributed by atoms with Gasteiger partial charge in [-0.3, -0.25) is 5.43 Å². The van der Waals surface area contributed by atoms with Gasteiger partial charge in [-0.15, -0.1) is 0 Å². The summed E-state index contributed by atoms with van der Waals surface area (Å²) in [5.74, 6) is 0.842. The zero-order valence-electron chi connectivity index (χ0n) is 17.9. The minimum Gasteiger partial charge on any atom is -0.496 e. The molecule has 0 saturated heterocycles. The fraction of sp³-hybridized carbons (Fsp3) is 0.240. The van der Waals surface area contributed by atoms with Crippen molar-refractivity contribution >= 4 is 18.0 Å². The van der Waals surface area contributed by atoms with E-state index in [1.54, 1.807) is 7.11 Å². The number of hydrogen-bond donors (Lipinski definition) is 2. The van der Waals surface area contributed by atoms with Crippen molar-refractivity contribution < 1.29 is 4.74 Å². The summed E-state index contributed by atoms with van der Waals surface area (Å²) in [5, 5.41) is 7.41. The monoisotopic (exact) mass is 389 g/mol. The number of rotatable bonds is 10. The molecule has 2 aromatic carbocycles. The van der Waals surface area contributed by atoms with Gasteiger partial charge in [0.05, 0.1) is 19.0 Å². The van der Waals surface area contributed by atoms with Gasteiger partial charge in [-0.05, 0) is 53.3 Å². The highest BCUT2D eigenvalue weighted by Crippen LogP contribution is 2.24. The predicted molar refractivity (Wildman–Crippen MR) is 125 cm³/mol. The minimum atomic E-state index is 0.728. The molecule has 4 heteroatoms. The van der Waals surface area contributed by atoms with E-state index in [4.69, 9.17) is 4.74 Å². The van der Waals surface area contributed by atoms with Gasteiger partial charge in [0, 0.05) is 18.3 Å². The fourth-order valence-electron chi connectivity index (χ4n) is 2.91. The van der Waals surface area contributed by atoms with Crippen LogP contribution in [-0.4, -0.2) is 20.4 Å². The van der Waals surface area contributed by atoms with Crippen LogP contribution in [-0.2, 0) is 12.8 Å². The van der Waals surface area contributed by atoms with Crippen molar-refractivity contribution in [2.75, 3.05) is 14.2 Å². The summed E-state index contributed by atoms with van der Waals surface area (Å²) in [6.07, 6.45) is 7.64. The Morgan fingerprint density at radius 1 is 1.14 bits per heavy atom. The molecular weight excluding hydrogens is 358 g/mol. The maximum atomic E-state index is 5.58. The summed E-state index contributed by atoms with van der Waals surface area (Å²) in [4.78, 5) is 0. The molecule has 152 valence electrons. The second kappa shape index (κ2) is 10.9. The topological polar surface area (TPSA) is 45.7 Å². The lowest BCUT2D eigenvalue weighted by atomic mass is 10.00. The summed E-state index contributed by atoms with van der Waals surface area (Å²) in [6, 6.07) is 12.4. The largest absolute Gasteiger partial charge is 0.496 e. The SMILES string of the molecule is C=C(/C=C/c1cccc(C(=C)N/N=C/c2c(CC)cc(CC)cc2OC)c1)NC. The molecule has 0 bridgehead atoms. The van der Waals surface area contributed by atoms with Crippen molar-refractivity contribution in [2.24, 2.45) is 5.10 Å². The van der Waals surface area contributed by atoms with Crippen molar-refractivity contribution in [3.05, 3.63) is 89.1 Å². The molecular formula is C25H31N3O. The smallest absolute Gasteiger partial charge is 0.128 e. The van der Waals surface area contributed by atoms with E-state index >= 15 is 0 Å². The van der Waals surface area contributed by atoms with Gasteiger partial charge < -0.3 is 10.1 Å². The first-order valence-electron chi connectivity index (χ1n) is 9.85. The molecule has 0 spiro atoms. The molecule has 0 radical (unpaired) electrons. The molecule has 0 saturated carbocycles. The summed E-state index contributed by atoms with van der Waals surface area (Å²) in [5.41, 5.74) is 10.1. The van der Waals surface area contributed by atoms with E-state index in [2.05, 4.69) is 61.0 Å². The van der Waals surface area contributed by atoms with Crippen LogP contribution in [0.5, 0.6) is 5.75 Å². The number of nitrogens with zero attached hydrogens (tertiary/aromatic N) is 1. The summed E-state index contributed by atoms with van der Waals surface area (Å²) in [6.45, 7) is 12.3. The Kier molecular flexibility index (Phi) is 8.28. The Labute approximate surface area is 174 Å². The number of methoxy groups -OCH3 is 1. The molecule has 0 atom stereocenters. The number of hydrogen-bond acceptors (Lipinski definition) is 4. The van der Waals surface area contributed by atoms with Crippen LogP contribution < -0.4 is 15.5 Å². The van der Waals surface area contributed by atoms with E-state index in [0.29, 0.717) is 0 Å². The molecule has 4 nitrogen and oxygen atoms in total. The second-order valence-electron chi connectivity index (χ2n) is 6.66. The Hall–Kier alpha value is -3.27. The Bertz CT molecular complexity index is 900. The molecule has 29 heavy (non-hydrogen) atoms. The molecule has 0 amide bonds. The zero-order valence-corrected chi connectivity index (χ0v) is 17.9. The first kappa shape index (κ1) is 22.0. The van der Waals surface area contributed by atoms with Crippen LogP contribution in [0.25, 0.3) is 11.8 Å². The number of hydrazone groups is 1. The highest BCUT2D eigenvalue weighted by molar-refractivity contribution is 5.86. The third-order valence-electron chi connectivity index (χ3n) is 4.72. The van der Waals surface area contributed by atoms with Crippen LogP contribution in [0.1, 0.15) is 41.7 Å². The van der Waals surface area contributed by atoms with Gasteiger partial charge in [-0.1, -0.05) is 57.3 Å². The molecule has 0 unspecified atom stereocenters. The van der Waals surface area contributed by atoms with Crippen molar-refractivity contribution in [2.45, 2.75) is 26.7 Å². The predicted octanol–water partition coefficient (Wildman–Crippen LogP) is 5.16. The van der Waals surface area contributed by atoms with Crippen molar-refractivity contribution in [3.8, 4) is 5.75 Å². The van der Waals surface area contributed by atoms with Crippen LogP contribution in [0.2, 0.25) is 0 Å². The third-order valence-corrected chi connectivity index (χ3v) is 4.72. The molecule has 0 fully saturated rings. The Balaban J connectivity index is 2.16. The second-order valence-corrected chi connectivity index (χ2v) is 6.66. The van der Waals surface area contributed by atoms with Crippen molar-refractivity contribution in [1.82, 2.24) is 10.7 Å². The number of nitrogens with one attached hydrogen (secondary N) is 2. The molecule has 0 aliphatic carbocycles. The number of aryl methyl sites for hydroxylation is 2. The molecule has 2 rings (SSSR count). The van der Waals surface area contributed by atoms with E-state index in [9.17, 15) is 0 Å². The Morgan fingerprint density at radius 2 is 1.93 bits per heavy atom. The number of likely N-dealkylation sites (N-methyl/N-ethyl adjacent to an activating group) is 1. The molecule has 2 N–H and O–H groups in total. The van der Waals surface area contributed by atoms with E-state index in [0.717, 1.165) is 46.7 Å². The van der Waals surface area contributed by atoms with Crippen molar-refractivity contribution in [1.29, 1.82) is 0 Å². The summed E-state index contributed by atoms with van der Waals surface area (Å²) in [7, 11) is 3.54. The number of benzene rings is 2. The van der Waals surface area contributed by atoms with Gasteiger partial charge in [-0.2, -0.15) is 5.10 Å². The van der Waals surface area contributed by atoms with Crippen LogP contribution in [0.15, 0.2) is 66.4 Å². The van der Waals surface area contributed by atoms with Crippen molar-refractivity contribution in [3.63, 3.8) is 0 Å². The lowest BCUT2D eigenvalue weighted by Crippen LogP contribution is -2.06.